The average molecular weight is 236 g/mol. The van der Waals surface area contributed by atoms with E-state index in [0.29, 0.717) is 0 Å². The van der Waals surface area contributed by atoms with Crippen molar-refractivity contribution in [2.24, 2.45) is 0 Å². The highest BCUT2D eigenvalue weighted by atomic mass is 31.0. The van der Waals surface area contributed by atoms with Crippen LogP contribution in [0.25, 0.3) is 10.9 Å². The van der Waals surface area contributed by atoms with E-state index in [2.05, 4.69) is 66.7 Å². The molecule has 82 valence electrons. The highest BCUT2D eigenvalue weighted by Gasteiger charge is 2.05. The molecule has 0 saturated heterocycles. The Bertz CT molecular complexity index is 556. The van der Waals surface area contributed by atoms with Crippen LogP contribution in [0, 0.1) is 0 Å². The summed E-state index contributed by atoms with van der Waals surface area (Å²) in [5.41, 5.74) is 2.76. The molecule has 0 saturated carbocycles. The van der Waals surface area contributed by atoms with Gasteiger partial charge >= 0.3 is 0 Å². The molecule has 1 heterocycles. The first kappa shape index (κ1) is 10.5. The Morgan fingerprint density at radius 2 is 1.47 bits per heavy atom. The number of fused-ring (bicyclic) bond motifs is 1. The zero-order chi connectivity index (χ0) is 11.5. The molecule has 0 bridgehead atoms. The normalized spacial score (nSPS) is 11.1. The minimum Gasteiger partial charge on any atom is -0.0639 e. The van der Waals surface area contributed by atoms with Gasteiger partial charge in [0.05, 0.1) is 0 Å². The summed E-state index contributed by atoms with van der Waals surface area (Å²) >= 11 is 0. The lowest BCUT2D eigenvalue weighted by molar-refractivity contribution is 1.24. The van der Waals surface area contributed by atoms with Gasteiger partial charge in [0, 0.05) is 11.7 Å². The van der Waals surface area contributed by atoms with Gasteiger partial charge in [-0.05, 0) is 28.6 Å². The van der Waals surface area contributed by atoms with Crippen molar-refractivity contribution >= 4 is 8.19 Å². The Balaban J connectivity index is 1.95. The van der Waals surface area contributed by atoms with Gasteiger partial charge in [-0.1, -0.05) is 62.8 Å². The molecule has 0 unspecified atom stereocenters. The third-order valence-electron chi connectivity index (χ3n) is 2.86. The van der Waals surface area contributed by atoms with Crippen molar-refractivity contribution in [1.29, 1.82) is 0 Å². The Morgan fingerprint density at radius 1 is 0.765 bits per heavy atom. The van der Waals surface area contributed by atoms with Crippen LogP contribution in [0.5, 0.6) is 0 Å². The maximum absolute atomic E-state index is 2.32. The molecule has 1 aliphatic heterocycles. The van der Waals surface area contributed by atoms with Crippen molar-refractivity contribution in [2.75, 3.05) is 0 Å². The molecule has 0 nitrogen and oxygen atoms in total. The molecule has 0 amide bonds. The molecule has 0 radical (unpaired) electrons. The van der Waals surface area contributed by atoms with Crippen LogP contribution in [0.15, 0.2) is 66.7 Å². The average Bonchev–Trinajstić information content (AvgIpc) is 2.60. The standard InChI is InChI=1S/C16H13P/c1-3-7-13(8-4-1)11-15-12-14-9-5-2-6-10-16(14)17-15/h1-10,12H,11H2. The summed E-state index contributed by atoms with van der Waals surface area (Å²) in [5.74, 6) is 0. The van der Waals surface area contributed by atoms with E-state index in [4.69, 9.17) is 0 Å². The fourth-order valence-corrected chi connectivity index (χ4v) is 3.24. The van der Waals surface area contributed by atoms with Gasteiger partial charge in [-0.25, -0.2) is 0 Å². The molecule has 1 aromatic rings. The highest BCUT2D eigenvalue weighted by Crippen LogP contribution is 2.36. The number of hydrogen-bond donors (Lipinski definition) is 0. The summed E-state index contributed by atoms with van der Waals surface area (Å²) in [6.07, 6.45) is 1.06. The second kappa shape index (κ2) is 4.69. The van der Waals surface area contributed by atoms with E-state index >= 15 is 0 Å². The molecule has 1 heteroatoms. The fraction of sp³-hybridized carbons (Fsp3) is 0.0625. The van der Waals surface area contributed by atoms with Gasteiger partial charge in [0.1, 0.15) is 0 Å². The molecule has 17 heavy (non-hydrogen) atoms. The molecule has 2 aliphatic rings. The van der Waals surface area contributed by atoms with Crippen molar-refractivity contribution < 1.29 is 0 Å². The number of rotatable bonds is 2. The maximum atomic E-state index is 2.32. The Hall–Kier alpha value is -1.65. The van der Waals surface area contributed by atoms with E-state index in [1.807, 2.05) is 0 Å². The Kier molecular flexibility index (Phi) is 2.90. The quantitative estimate of drug-likeness (QED) is 0.589. The summed E-state index contributed by atoms with van der Waals surface area (Å²) < 4.78 is 0. The second-order valence-corrected chi connectivity index (χ2v) is 5.44. The van der Waals surface area contributed by atoms with Gasteiger partial charge in [0.25, 0.3) is 0 Å². The van der Waals surface area contributed by atoms with Crippen LogP contribution in [0.4, 0.5) is 0 Å². The predicted octanol–water partition coefficient (Wildman–Crippen LogP) is 4.96. The van der Waals surface area contributed by atoms with E-state index in [1.54, 1.807) is 0 Å². The zero-order valence-electron chi connectivity index (χ0n) is 9.51. The lowest BCUT2D eigenvalue weighted by atomic mass is 10.1. The van der Waals surface area contributed by atoms with E-state index in [1.165, 1.54) is 29.9 Å². The molecule has 0 aromatic heterocycles. The zero-order valence-corrected chi connectivity index (χ0v) is 10.4. The van der Waals surface area contributed by atoms with Gasteiger partial charge in [0.15, 0.2) is 0 Å². The topological polar surface area (TPSA) is 0 Å². The molecule has 3 rings (SSSR count). The second-order valence-electron chi connectivity index (χ2n) is 4.16. The summed E-state index contributed by atoms with van der Waals surface area (Å²) in [6, 6.07) is 23.7. The van der Waals surface area contributed by atoms with Gasteiger partial charge in [0.2, 0.25) is 0 Å². The molecule has 0 atom stereocenters. The van der Waals surface area contributed by atoms with Crippen molar-refractivity contribution in [3.8, 4) is 10.9 Å². The third-order valence-corrected chi connectivity index (χ3v) is 4.08. The Labute approximate surface area is 103 Å². The minimum atomic E-state index is 1.06. The van der Waals surface area contributed by atoms with Gasteiger partial charge in [-0.15, -0.1) is 0 Å². The first-order valence-corrected chi connectivity index (χ1v) is 6.70. The van der Waals surface area contributed by atoms with Crippen LogP contribution in [0.1, 0.15) is 10.9 Å². The number of benzene rings is 1. The van der Waals surface area contributed by atoms with Crippen molar-refractivity contribution in [3.63, 3.8) is 0 Å². The highest BCUT2D eigenvalue weighted by molar-refractivity contribution is 7.35. The van der Waals surface area contributed by atoms with Crippen LogP contribution in [-0.2, 0) is 6.42 Å². The van der Waals surface area contributed by atoms with Crippen LogP contribution in [0.2, 0.25) is 0 Å². The van der Waals surface area contributed by atoms with Crippen molar-refractivity contribution in [2.45, 2.75) is 6.42 Å². The minimum absolute atomic E-state index is 1.06. The predicted molar refractivity (Wildman–Crippen MR) is 74.8 cm³/mol. The molecular weight excluding hydrogens is 223 g/mol. The number of hydrogen-bond acceptors (Lipinski definition) is 0. The summed E-state index contributed by atoms with van der Waals surface area (Å²) in [4.78, 5) is 0. The molecule has 0 N–H and O–H groups in total. The van der Waals surface area contributed by atoms with Crippen LogP contribution >= 0.6 is 8.19 Å². The van der Waals surface area contributed by atoms with Crippen LogP contribution in [0.3, 0.4) is 0 Å². The smallest absolute Gasteiger partial charge is 0.00931 e. The molecular formula is C16H13P. The lowest BCUT2D eigenvalue weighted by Gasteiger charge is -1.96. The summed E-state index contributed by atoms with van der Waals surface area (Å²) in [5, 5.41) is 2.90. The van der Waals surface area contributed by atoms with E-state index in [-0.39, 0.29) is 0 Å². The van der Waals surface area contributed by atoms with Gasteiger partial charge < -0.3 is 0 Å². The maximum Gasteiger partial charge on any atom is 0.00931 e. The Morgan fingerprint density at radius 3 is 2.29 bits per heavy atom. The first-order chi connectivity index (χ1) is 8.42. The van der Waals surface area contributed by atoms with Crippen molar-refractivity contribution in [1.82, 2.24) is 0 Å². The van der Waals surface area contributed by atoms with E-state index in [9.17, 15) is 0 Å². The van der Waals surface area contributed by atoms with Crippen LogP contribution in [-0.4, -0.2) is 0 Å². The molecule has 1 aromatic carbocycles. The first-order valence-electron chi connectivity index (χ1n) is 5.80. The summed E-state index contributed by atoms with van der Waals surface area (Å²) in [6.45, 7) is 0. The summed E-state index contributed by atoms with van der Waals surface area (Å²) in [7, 11) is 1.36. The van der Waals surface area contributed by atoms with Gasteiger partial charge in [-0.2, -0.15) is 0 Å². The van der Waals surface area contributed by atoms with E-state index < -0.39 is 0 Å². The fourth-order valence-electron chi connectivity index (χ4n) is 2.04. The molecule has 1 aliphatic carbocycles. The largest absolute Gasteiger partial charge is 0.0639 e. The molecule has 0 fully saturated rings. The molecule has 0 spiro atoms. The third kappa shape index (κ3) is 2.38. The van der Waals surface area contributed by atoms with Crippen molar-refractivity contribution in [3.05, 3.63) is 77.6 Å². The monoisotopic (exact) mass is 236 g/mol. The SMILES string of the molecule is c1ccc(Cc2cc3cccccc-3p2)cc1. The lowest BCUT2D eigenvalue weighted by Crippen LogP contribution is -1.81. The van der Waals surface area contributed by atoms with E-state index in [0.717, 1.165) is 6.42 Å². The van der Waals surface area contributed by atoms with Crippen LogP contribution < -0.4 is 0 Å². The van der Waals surface area contributed by atoms with Gasteiger partial charge in [-0.3, -0.25) is 0 Å².